The third kappa shape index (κ3) is 13.7. The second kappa shape index (κ2) is 18.9. The number of hydrogen-bond acceptors (Lipinski definition) is 6. The van der Waals surface area contributed by atoms with Crippen LogP contribution >= 0.6 is 0 Å². The number of amides is 3. The van der Waals surface area contributed by atoms with E-state index in [1.54, 1.807) is 58.6 Å². The molecule has 0 aliphatic heterocycles. The van der Waals surface area contributed by atoms with Crippen molar-refractivity contribution in [3.8, 4) is 0 Å². The quantitative estimate of drug-likeness (QED) is 0.121. The molecule has 0 aliphatic carbocycles. The van der Waals surface area contributed by atoms with Crippen molar-refractivity contribution < 1.29 is 28.7 Å². The molecule has 50 heavy (non-hydrogen) atoms. The summed E-state index contributed by atoms with van der Waals surface area (Å²) < 4.78 is 11.3. The molecule has 270 valence electrons. The zero-order chi connectivity index (χ0) is 36.7. The topological polar surface area (TPSA) is 114 Å². The molecular formula is C41H55N3O6. The molecule has 0 fully saturated rings. The van der Waals surface area contributed by atoms with Crippen molar-refractivity contribution in [2.24, 2.45) is 0 Å². The lowest BCUT2D eigenvalue weighted by Gasteiger charge is -2.35. The molecule has 0 spiro atoms. The molecule has 0 aromatic heterocycles. The van der Waals surface area contributed by atoms with Crippen molar-refractivity contribution in [1.29, 1.82) is 0 Å². The number of unbranched alkanes of at least 4 members (excludes halogenated alkanes) is 3. The summed E-state index contributed by atoms with van der Waals surface area (Å²) in [6, 6.07) is 24.7. The van der Waals surface area contributed by atoms with Crippen LogP contribution in [0.1, 0.15) is 96.9 Å². The van der Waals surface area contributed by atoms with Gasteiger partial charge >= 0.3 is 12.1 Å². The molecule has 3 unspecified atom stereocenters. The molecule has 0 aliphatic rings. The summed E-state index contributed by atoms with van der Waals surface area (Å²) in [5.41, 5.74) is 0.687. The molecule has 3 rings (SSSR count). The number of rotatable bonds is 16. The second-order valence-corrected chi connectivity index (χ2v) is 14.6. The molecule has 0 radical (unpaired) electrons. The van der Waals surface area contributed by atoms with E-state index in [-0.39, 0.29) is 19.4 Å². The van der Waals surface area contributed by atoms with E-state index >= 15 is 0 Å². The SMILES string of the molecule is CCCCCCN(C(=O)C(Cc1ccccc1)NC(=O)OC(C)(C)C)C(C(=O)NC(Cc1ccccc1)C(=O)OC(C)(C)C)c1ccccc1. The Balaban J connectivity index is 2.08. The van der Waals surface area contributed by atoms with Crippen molar-refractivity contribution in [2.45, 2.75) is 116 Å². The van der Waals surface area contributed by atoms with Gasteiger partial charge in [0.2, 0.25) is 11.8 Å². The molecule has 2 N–H and O–H groups in total. The third-order valence-corrected chi connectivity index (χ3v) is 7.77. The Labute approximate surface area is 298 Å². The number of hydrogen-bond donors (Lipinski definition) is 2. The summed E-state index contributed by atoms with van der Waals surface area (Å²) in [5, 5.41) is 5.77. The van der Waals surface area contributed by atoms with Gasteiger partial charge in [-0.25, -0.2) is 9.59 Å². The van der Waals surface area contributed by atoms with E-state index in [1.807, 2.05) is 78.9 Å². The van der Waals surface area contributed by atoms with Gasteiger partial charge in [-0.3, -0.25) is 9.59 Å². The predicted molar refractivity (Wildman–Crippen MR) is 196 cm³/mol. The van der Waals surface area contributed by atoms with Gasteiger partial charge in [0.15, 0.2) is 0 Å². The summed E-state index contributed by atoms with van der Waals surface area (Å²) >= 11 is 0. The van der Waals surface area contributed by atoms with Crippen LogP contribution in [0.3, 0.4) is 0 Å². The molecule has 3 amide bonds. The predicted octanol–water partition coefficient (Wildman–Crippen LogP) is 7.34. The molecule has 0 saturated heterocycles. The number of ether oxygens (including phenoxy) is 2. The van der Waals surface area contributed by atoms with Crippen LogP contribution in [0.2, 0.25) is 0 Å². The summed E-state index contributed by atoms with van der Waals surface area (Å²) in [6.07, 6.45) is 3.09. The van der Waals surface area contributed by atoms with Crippen LogP contribution in [-0.2, 0) is 36.7 Å². The highest BCUT2D eigenvalue weighted by molar-refractivity contribution is 5.94. The largest absolute Gasteiger partial charge is 0.458 e. The summed E-state index contributed by atoms with van der Waals surface area (Å²) in [4.78, 5) is 57.7. The van der Waals surface area contributed by atoms with Crippen molar-refractivity contribution in [1.82, 2.24) is 15.5 Å². The van der Waals surface area contributed by atoms with Gasteiger partial charge in [0.1, 0.15) is 29.3 Å². The van der Waals surface area contributed by atoms with E-state index < -0.39 is 53.2 Å². The van der Waals surface area contributed by atoms with Crippen LogP contribution in [0.5, 0.6) is 0 Å². The average Bonchev–Trinajstić information content (AvgIpc) is 3.05. The summed E-state index contributed by atoms with van der Waals surface area (Å²) in [7, 11) is 0. The van der Waals surface area contributed by atoms with Gasteiger partial charge in [-0.05, 0) is 64.7 Å². The molecule has 0 heterocycles. The molecule has 3 aromatic rings. The molecule has 0 bridgehead atoms. The Morgan fingerprint density at radius 1 is 0.640 bits per heavy atom. The highest BCUT2D eigenvalue weighted by atomic mass is 16.6. The number of carbonyl (C=O) groups is 4. The Hall–Kier alpha value is -4.66. The number of nitrogens with zero attached hydrogens (tertiary/aromatic N) is 1. The van der Waals surface area contributed by atoms with Crippen LogP contribution in [-0.4, -0.2) is 58.6 Å². The number of carbonyl (C=O) groups excluding carboxylic acids is 4. The molecular weight excluding hydrogens is 630 g/mol. The number of esters is 1. The van der Waals surface area contributed by atoms with E-state index in [1.165, 1.54) is 0 Å². The van der Waals surface area contributed by atoms with Gasteiger partial charge in [-0.15, -0.1) is 0 Å². The van der Waals surface area contributed by atoms with Crippen molar-refractivity contribution in [2.75, 3.05) is 6.54 Å². The lowest BCUT2D eigenvalue weighted by molar-refractivity contribution is -0.159. The zero-order valence-electron chi connectivity index (χ0n) is 30.7. The van der Waals surface area contributed by atoms with Crippen LogP contribution in [0.25, 0.3) is 0 Å². The smallest absolute Gasteiger partial charge is 0.408 e. The van der Waals surface area contributed by atoms with E-state index in [2.05, 4.69) is 17.6 Å². The molecule has 9 heteroatoms. The standard InChI is InChI=1S/C41H55N3O6/c1-8-9-10-20-27-44(37(46)33(28-30-21-14-11-15-22-30)43-39(48)50-41(5,6)7)35(32-25-18-13-19-26-32)36(45)42-34(38(47)49-40(2,3)4)29-31-23-16-12-17-24-31/h11-19,21-26,33-35H,8-10,20,27-29H2,1-7H3,(H,42,45)(H,43,48). The summed E-state index contributed by atoms with van der Waals surface area (Å²) in [6.45, 7) is 13.0. The fraction of sp³-hybridized carbons (Fsp3) is 0.463. The molecule has 3 aromatic carbocycles. The van der Waals surface area contributed by atoms with Crippen LogP contribution < -0.4 is 10.6 Å². The van der Waals surface area contributed by atoms with Crippen LogP contribution in [0.15, 0.2) is 91.0 Å². The minimum atomic E-state index is -1.11. The van der Waals surface area contributed by atoms with E-state index in [9.17, 15) is 19.2 Å². The number of alkyl carbamates (subject to hydrolysis) is 1. The van der Waals surface area contributed by atoms with Gasteiger partial charge in [0.05, 0.1) is 0 Å². The summed E-state index contributed by atoms with van der Waals surface area (Å²) in [5.74, 6) is -1.53. The van der Waals surface area contributed by atoms with Crippen molar-refractivity contribution in [3.63, 3.8) is 0 Å². The average molecular weight is 686 g/mol. The maximum absolute atomic E-state index is 14.8. The lowest BCUT2D eigenvalue weighted by atomic mass is 9.98. The first-order chi connectivity index (χ1) is 23.7. The second-order valence-electron chi connectivity index (χ2n) is 14.6. The molecule has 0 saturated carbocycles. The fourth-order valence-corrected chi connectivity index (χ4v) is 5.55. The molecule has 9 nitrogen and oxygen atoms in total. The third-order valence-electron chi connectivity index (χ3n) is 7.77. The van der Waals surface area contributed by atoms with Gasteiger partial charge in [0.25, 0.3) is 0 Å². The first-order valence-corrected chi connectivity index (χ1v) is 17.6. The van der Waals surface area contributed by atoms with Gasteiger partial charge in [-0.1, -0.05) is 117 Å². The minimum absolute atomic E-state index is 0.183. The Morgan fingerprint density at radius 2 is 1.14 bits per heavy atom. The first-order valence-electron chi connectivity index (χ1n) is 17.6. The van der Waals surface area contributed by atoms with Gasteiger partial charge in [0, 0.05) is 19.4 Å². The van der Waals surface area contributed by atoms with Crippen molar-refractivity contribution in [3.05, 3.63) is 108 Å². The van der Waals surface area contributed by atoms with E-state index in [0.717, 1.165) is 30.4 Å². The maximum Gasteiger partial charge on any atom is 0.408 e. The monoisotopic (exact) mass is 685 g/mol. The van der Waals surface area contributed by atoms with Gasteiger partial charge < -0.3 is 25.0 Å². The number of benzene rings is 3. The Bertz CT molecular complexity index is 1500. The van der Waals surface area contributed by atoms with E-state index in [4.69, 9.17) is 9.47 Å². The Kier molecular flexibility index (Phi) is 15.1. The minimum Gasteiger partial charge on any atom is -0.458 e. The highest BCUT2D eigenvalue weighted by Crippen LogP contribution is 2.25. The van der Waals surface area contributed by atoms with Crippen LogP contribution in [0.4, 0.5) is 4.79 Å². The normalized spacial score (nSPS) is 13.3. The number of nitrogens with one attached hydrogen (secondary N) is 2. The Morgan fingerprint density at radius 3 is 1.64 bits per heavy atom. The zero-order valence-corrected chi connectivity index (χ0v) is 30.7. The van der Waals surface area contributed by atoms with Gasteiger partial charge in [-0.2, -0.15) is 0 Å². The molecule has 3 atom stereocenters. The maximum atomic E-state index is 14.8. The first kappa shape index (κ1) is 39.8. The fourth-order valence-electron chi connectivity index (χ4n) is 5.55. The van der Waals surface area contributed by atoms with Crippen LogP contribution in [0, 0.1) is 0 Å². The highest BCUT2D eigenvalue weighted by Gasteiger charge is 2.38. The van der Waals surface area contributed by atoms with Crippen molar-refractivity contribution >= 4 is 23.9 Å². The lowest BCUT2D eigenvalue weighted by Crippen LogP contribution is -2.55. The van der Waals surface area contributed by atoms with E-state index in [0.29, 0.717) is 12.0 Å².